The summed E-state index contributed by atoms with van der Waals surface area (Å²) in [6.45, 7) is 4.54. The molecule has 2 rings (SSSR count). The van der Waals surface area contributed by atoms with Crippen molar-refractivity contribution in [3.8, 4) is 23.5 Å². The van der Waals surface area contributed by atoms with Crippen molar-refractivity contribution >= 4 is 21.6 Å². The van der Waals surface area contributed by atoms with Gasteiger partial charge in [0.2, 0.25) is 11.8 Å². The van der Waals surface area contributed by atoms with Crippen LogP contribution < -0.4 is 0 Å². The quantitative estimate of drug-likeness (QED) is 0.634. The lowest BCUT2D eigenvalue weighted by atomic mass is 10.6. The minimum Gasteiger partial charge on any atom is -0.494 e. The molecule has 0 spiro atoms. The van der Waals surface area contributed by atoms with Gasteiger partial charge in [-0.25, -0.2) is 0 Å². The van der Waals surface area contributed by atoms with Gasteiger partial charge in [-0.05, 0) is 35.4 Å². The molecule has 0 bridgehead atoms. The Morgan fingerprint density at radius 2 is 1.15 bits per heavy atom. The highest BCUT2D eigenvalue weighted by atomic mass is 33.1. The van der Waals surface area contributed by atoms with Crippen LogP contribution in [0.2, 0.25) is 0 Å². The van der Waals surface area contributed by atoms with E-state index in [1.54, 1.807) is 0 Å². The second-order valence-electron chi connectivity index (χ2n) is 4.04. The highest BCUT2D eigenvalue weighted by Crippen LogP contribution is 2.48. The molecule has 0 aliphatic rings. The molecule has 20 heavy (non-hydrogen) atoms. The van der Waals surface area contributed by atoms with Crippen molar-refractivity contribution < 1.29 is 20.4 Å². The number of hydrogen-bond donors (Lipinski definition) is 4. The zero-order chi connectivity index (χ0) is 14.9. The Balaban J connectivity index is 2.17. The Bertz CT molecular complexity index is 567. The van der Waals surface area contributed by atoms with E-state index in [2.05, 4.69) is 0 Å². The average Bonchev–Trinajstić information content (AvgIpc) is 2.84. The summed E-state index contributed by atoms with van der Waals surface area (Å²) in [5, 5.41) is 39.1. The van der Waals surface area contributed by atoms with Crippen LogP contribution in [0.4, 0.5) is 0 Å². The van der Waals surface area contributed by atoms with Crippen LogP contribution in [0.1, 0.15) is 13.8 Å². The zero-order valence-corrected chi connectivity index (χ0v) is 12.7. The van der Waals surface area contributed by atoms with Crippen LogP contribution in [0.15, 0.2) is 21.9 Å². The molecule has 0 saturated carbocycles. The van der Waals surface area contributed by atoms with Crippen LogP contribution in [-0.2, 0) is 13.1 Å². The van der Waals surface area contributed by atoms with Gasteiger partial charge in [0.05, 0.1) is 9.79 Å². The van der Waals surface area contributed by atoms with Gasteiger partial charge in [-0.1, -0.05) is 0 Å². The van der Waals surface area contributed by atoms with E-state index in [9.17, 15) is 20.4 Å². The maximum atomic E-state index is 9.91. The van der Waals surface area contributed by atoms with Crippen LogP contribution >= 0.6 is 21.6 Å². The molecule has 0 aromatic carbocycles. The lowest BCUT2D eigenvalue weighted by molar-refractivity contribution is 0.368. The van der Waals surface area contributed by atoms with Crippen LogP contribution in [0.5, 0.6) is 23.5 Å². The molecule has 4 N–H and O–H groups in total. The molecule has 0 amide bonds. The summed E-state index contributed by atoms with van der Waals surface area (Å²) < 4.78 is 2.74. The second kappa shape index (κ2) is 5.84. The van der Waals surface area contributed by atoms with Gasteiger partial charge in [0.15, 0.2) is 11.8 Å². The summed E-state index contributed by atoms with van der Waals surface area (Å²) in [6.07, 6.45) is 0. The fourth-order valence-corrected chi connectivity index (χ4v) is 3.97. The fourth-order valence-electron chi connectivity index (χ4n) is 1.84. The monoisotopic (exact) mass is 316 g/mol. The van der Waals surface area contributed by atoms with Gasteiger partial charge in [0.1, 0.15) is 0 Å². The molecule has 110 valence electrons. The van der Waals surface area contributed by atoms with Crippen LogP contribution in [0.3, 0.4) is 0 Å². The van der Waals surface area contributed by atoms with E-state index in [0.29, 0.717) is 22.9 Å². The number of hydrogen-bond acceptors (Lipinski definition) is 6. The molecule has 0 fully saturated rings. The van der Waals surface area contributed by atoms with Crippen molar-refractivity contribution in [2.75, 3.05) is 0 Å². The van der Waals surface area contributed by atoms with E-state index >= 15 is 0 Å². The highest BCUT2D eigenvalue weighted by Gasteiger charge is 2.17. The van der Waals surface area contributed by atoms with E-state index in [4.69, 9.17) is 0 Å². The van der Waals surface area contributed by atoms with E-state index < -0.39 is 0 Å². The Labute approximate surface area is 124 Å². The Hall–Kier alpha value is -1.54. The van der Waals surface area contributed by atoms with Crippen molar-refractivity contribution in [3.05, 3.63) is 12.1 Å². The third-order valence-electron chi connectivity index (χ3n) is 2.88. The third-order valence-corrected chi connectivity index (χ3v) is 5.25. The zero-order valence-electron chi connectivity index (χ0n) is 11.1. The summed E-state index contributed by atoms with van der Waals surface area (Å²) in [5.41, 5.74) is 0. The SMILES string of the molecule is CCn1c(O)cc(SSc2cc(O)n(CC)c2O)c1O. The van der Waals surface area contributed by atoms with Gasteiger partial charge < -0.3 is 20.4 Å². The number of aromatic hydroxyl groups is 4. The molecule has 0 aliphatic carbocycles. The standard InChI is InChI=1S/C12H16N2O4S2/c1-3-13-9(15)5-7(11(13)17)19-20-8-6-10(16)14(4-2)12(8)18/h5-6,15-18H,3-4H2,1-2H3. The molecule has 2 aromatic heterocycles. The summed E-state index contributed by atoms with van der Waals surface area (Å²) in [4.78, 5) is 0.995. The summed E-state index contributed by atoms with van der Waals surface area (Å²) in [6, 6.07) is 2.93. The third kappa shape index (κ3) is 2.53. The maximum Gasteiger partial charge on any atom is 0.208 e. The first-order valence-corrected chi connectivity index (χ1v) is 8.21. The molecule has 0 saturated heterocycles. The molecular weight excluding hydrogens is 300 g/mol. The van der Waals surface area contributed by atoms with Crippen LogP contribution in [0.25, 0.3) is 0 Å². The first-order chi connectivity index (χ1) is 9.49. The smallest absolute Gasteiger partial charge is 0.208 e. The first kappa shape index (κ1) is 14.9. The molecule has 8 heteroatoms. The summed E-state index contributed by atoms with van der Waals surface area (Å²) in [5.74, 6) is -0.0418. The predicted octanol–water partition coefficient (Wildman–Crippen LogP) is 2.95. The topological polar surface area (TPSA) is 90.8 Å². The number of nitrogens with zero attached hydrogens (tertiary/aromatic N) is 2. The lowest BCUT2D eigenvalue weighted by Gasteiger charge is -2.03. The van der Waals surface area contributed by atoms with Crippen molar-refractivity contribution in [1.82, 2.24) is 9.13 Å². The normalized spacial score (nSPS) is 11.1. The van der Waals surface area contributed by atoms with Gasteiger partial charge >= 0.3 is 0 Å². The van der Waals surface area contributed by atoms with Gasteiger partial charge in [-0.15, -0.1) is 0 Å². The van der Waals surface area contributed by atoms with E-state index in [1.165, 1.54) is 42.9 Å². The summed E-state index contributed by atoms with van der Waals surface area (Å²) >= 11 is 0. The van der Waals surface area contributed by atoms with Gasteiger partial charge in [0.25, 0.3) is 0 Å². The number of rotatable bonds is 5. The van der Waals surface area contributed by atoms with Gasteiger partial charge in [-0.3, -0.25) is 9.13 Å². The Kier molecular flexibility index (Phi) is 4.34. The lowest BCUT2D eigenvalue weighted by Crippen LogP contribution is -1.91. The van der Waals surface area contributed by atoms with Crippen molar-refractivity contribution in [2.45, 2.75) is 36.7 Å². The maximum absolute atomic E-state index is 9.91. The van der Waals surface area contributed by atoms with Gasteiger partial charge in [-0.2, -0.15) is 0 Å². The molecule has 2 aromatic rings. The largest absolute Gasteiger partial charge is 0.494 e. The molecule has 0 aliphatic heterocycles. The van der Waals surface area contributed by atoms with E-state index in [0.717, 1.165) is 0 Å². The minimum absolute atomic E-state index is 0.00806. The van der Waals surface area contributed by atoms with Crippen LogP contribution in [-0.4, -0.2) is 29.6 Å². The Morgan fingerprint density at radius 1 is 0.800 bits per heavy atom. The van der Waals surface area contributed by atoms with Crippen molar-refractivity contribution in [2.24, 2.45) is 0 Å². The minimum atomic E-state index is -0.0128. The molecule has 6 nitrogen and oxygen atoms in total. The van der Waals surface area contributed by atoms with E-state index in [1.807, 2.05) is 13.8 Å². The fraction of sp³-hybridized carbons (Fsp3) is 0.333. The first-order valence-electron chi connectivity index (χ1n) is 6.07. The van der Waals surface area contributed by atoms with Crippen LogP contribution in [0, 0.1) is 0 Å². The predicted molar refractivity (Wildman–Crippen MR) is 78.6 cm³/mol. The van der Waals surface area contributed by atoms with Gasteiger partial charge in [0, 0.05) is 25.2 Å². The van der Waals surface area contributed by atoms with Crippen molar-refractivity contribution in [3.63, 3.8) is 0 Å². The Morgan fingerprint density at radius 3 is 1.40 bits per heavy atom. The van der Waals surface area contributed by atoms with E-state index in [-0.39, 0.29) is 23.5 Å². The van der Waals surface area contributed by atoms with Crippen molar-refractivity contribution in [1.29, 1.82) is 0 Å². The molecule has 0 radical (unpaired) electrons. The average molecular weight is 316 g/mol. The molecular formula is C12H16N2O4S2. The molecule has 0 atom stereocenters. The molecule has 2 heterocycles. The molecule has 0 unspecified atom stereocenters. The summed E-state index contributed by atoms with van der Waals surface area (Å²) in [7, 11) is 2.40. The number of aromatic nitrogens is 2. The second-order valence-corrected chi connectivity index (χ2v) is 6.25. The highest BCUT2D eigenvalue weighted by molar-refractivity contribution is 8.76.